The van der Waals surface area contributed by atoms with Crippen LogP contribution in [-0.4, -0.2) is 22.6 Å². The maximum absolute atomic E-state index is 11.6. The van der Waals surface area contributed by atoms with Crippen LogP contribution >= 0.6 is 0 Å². The molecule has 1 aromatic heterocycles. The number of rotatable bonds is 4. The van der Waals surface area contributed by atoms with E-state index in [1.807, 2.05) is 0 Å². The molecule has 0 fully saturated rings. The summed E-state index contributed by atoms with van der Waals surface area (Å²) in [6, 6.07) is 9.93. The minimum Gasteiger partial charge on any atom is -0.504 e. The van der Waals surface area contributed by atoms with Crippen molar-refractivity contribution in [1.29, 1.82) is 0 Å². The molecule has 1 heterocycles. The van der Waals surface area contributed by atoms with Crippen molar-refractivity contribution in [2.24, 2.45) is 0 Å². The highest BCUT2D eigenvalue weighted by Gasteiger charge is 2.05. The third-order valence-corrected chi connectivity index (χ3v) is 2.17. The van der Waals surface area contributed by atoms with Gasteiger partial charge in [0.25, 0.3) is 5.91 Å². The molecule has 0 aliphatic carbocycles. The van der Waals surface area contributed by atoms with Gasteiger partial charge in [-0.1, -0.05) is 12.1 Å². The molecular formula is C13H12N2O3. The average molecular weight is 244 g/mol. The Balaban J connectivity index is 1.88. The quantitative estimate of drug-likeness (QED) is 0.860. The van der Waals surface area contributed by atoms with Crippen LogP contribution in [0, 0.1) is 0 Å². The van der Waals surface area contributed by atoms with Crippen molar-refractivity contribution < 1.29 is 14.6 Å². The number of phenolic OH excluding ortho intramolecular Hbond substituents is 1. The van der Waals surface area contributed by atoms with Crippen LogP contribution in [-0.2, 0) is 4.79 Å². The zero-order valence-electron chi connectivity index (χ0n) is 9.54. The lowest BCUT2D eigenvalue weighted by Gasteiger charge is -2.08. The minimum absolute atomic E-state index is 0.00618. The lowest BCUT2D eigenvalue weighted by atomic mass is 10.3. The van der Waals surface area contributed by atoms with Gasteiger partial charge in [-0.25, -0.2) is 0 Å². The molecular weight excluding hydrogens is 232 g/mol. The van der Waals surface area contributed by atoms with Crippen LogP contribution in [0.5, 0.6) is 11.5 Å². The number of para-hydroxylation sites is 2. The zero-order valence-corrected chi connectivity index (χ0v) is 9.54. The number of nitrogens with one attached hydrogen (secondary N) is 1. The molecule has 2 rings (SSSR count). The summed E-state index contributed by atoms with van der Waals surface area (Å²) in [5.41, 5.74) is 0.600. The van der Waals surface area contributed by atoms with Crippen LogP contribution in [0.2, 0.25) is 0 Å². The highest BCUT2D eigenvalue weighted by atomic mass is 16.5. The van der Waals surface area contributed by atoms with Crippen LogP contribution < -0.4 is 10.1 Å². The van der Waals surface area contributed by atoms with Gasteiger partial charge in [0.05, 0.1) is 11.9 Å². The van der Waals surface area contributed by atoms with Crippen LogP contribution in [0.25, 0.3) is 0 Å². The molecule has 0 atom stereocenters. The van der Waals surface area contributed by atoms with Gasteiger partial charge in [0, 0.05) is 6.20 Å². The monoisotopic (exact) mass is 244 g/mol. The van der Waals surface area contributed by atoms with Crippen molar-refractivity contribution in [3.63, 3.8) is 0 Å². The number of ether oxygens (including phenoxy) is 1. The standard InChI is InChI=1S/C13H12N2O3/c16-11-5-1-2-6-12(11)18-9-13(17)15-10-4-3-7-14-8-10/h1-8,16H,9H2,(H,15,17). The van der Waals surface area contributed by atoms with Gasteiger partial charge in [0.2, 0.25) is 0 Å². The van der Waals surface area contributed by atoms with Gasteiger partial charge in [0.1, 0.15) is 0 Å². The molecule has 0 bridgehead atoms. The number of anilines is 1. The SMILES string of the molecule is O=C(COc1ccccc1O)Nc1cccnc1. The van der Waals surface area contributed by atoms with E-state index >= 15 is 0 Å². The molecule has 0 aliphatic rings. The summed E-state index contributed by atoms with van der Waals surface area (Å²) >= 11 is 0. The molecule has 0 unspecified atom stereocenters. The van der Waals surface area contributed by atoms with Crippen molar-refractivity contribution >= 4 is 11.6 Å². The maximum Gasteiger partial charge on any atom is 0.262 e. The van der Waals surface area contributed by atoms with E-state index in [9.17, 15) is 9.90 Å². The van der Waals surface area contributed by atoms with E-state index in [1.54, 1.807) is 36.5 Å². The van der Waals surface area contributed by atoms with Crippen molar-refractivity contribution in [2.45, 2.75) is 0 Å². The van der Waals surface area contributed by atoms with Crippen LogP contribution in [0.4, 0.5) is 5.69 Å². The number of aromatic hydroxyl groups is 1. The van der Waals surface area contributed by atoms with Crippen LogP contribution in [0.3, 0.4) is 0 Å². The van der Waals surface area contributed by atoms with E-state index in [4.69, 9.17) is 4.74 Å². The maximum atomic E-state index is 11.6. The summed E-state index contributed by atoms with van der Waals surface area (Å²) in [7, 11) is 0. The summed E-state index contributed by atoms with van der Waals surface area (Å²) in [6.45, 7) is -0.174. The second-order valence-corrected chi connectivity index (χ2v) is 3.55. The third kappa shape index (κ3) is 3.21. The molecule has 5 nitrogen and oxygen atoms in total. The fourth-order valence-corrected chi connectivity index (χ4v) is 1.36. The van der Waals surface area contributed by atoms with Crippen molar-refractivity contribution in [3.8, 4) is 11.5 Å². The number of pyridine rings is 1. The summed E-state index contributed by atoms with van der Waals surface area (Å²) < 4.78 is 5.19. The fraction of sp³-hybridized carbons (Fsp3) is 0.0769. The molecule has 92 valence electrons. The molecule has 0 spiro atoms. The van der Waals surface area contributed by atoms with Gasteiger partial charge in [-0.15, -0.1) is 0 Å². The predicted octanol–water partition coefficient (Wildman–Crippen LogP) is 1.80. The summed E-state index contributed by atoms with van der Waals surface area (Å²) in [6.07, 6.45) is 3.16. The number of amides is 1. The van der Waals surface area contributed by atoms with E-state index in [2.05, 4.69) is 10.3 Å². The first-order valence-corrected chi connectivity index (χ1v) is 5.36. The van der Waals surface area contributed by atoms with E-state index in [-0.39, 0.29) is 24.0 Å². The third-order valence-electron chi connectivity index (χ3n) is 2.17. The second-order valence-electron chi connectivity index (χ2n) is 3.55. The number of phenols is 1. The minimum atomic E-state index is -0.314. The van der Waals surface area contributed by atoms with E-state index < -0.39 is 0 Å². The van der Waals surface area contributed by atoms with Gasteiger partial charge < -0.3 is 15.2 Å². The normalized spacial score (nSPS) is 9.78. The average Bonchev–Trinajstić information content (AvgIpc) is 2.39. The second kappa shape index (κ2) is 5.67. The number of nitrogens with zero attached hydrogens (tertiary/aromatic N) is 1. The van der Waals surface area contributed by atoms with Gasteiger partial charge in [-0.3, -0.25) is 9.78 Å². The Morgan fingerprint density at radius 1 is 1.28 bits per heavy atom. The number of benzene rings is 1. The Morgan fingerprint density at radius 2 is 2.11 bits per heavy atom. The number of carbonyl (C=O) groups is 1. The van der Waals surface area contributed by atoms with Crippen LogP contribution in [0.1, 0.15) is 0 Å². The first-order chi connectivity index (χ1) is 8.75. The highest BCUT2D eigenvalue weighted by Crippen LogP contribution is 2.24. The molecule has 2 N–H and O–H groups in total. The molecule has 1 aromatic carbocycles. The Labute approximate surface area is 104 Å². The van der Waals surface area contributed by atoms with Crippen molar-refractivity contribution in [1.82, 2.24) is 4.98 Å². The first-order valence-electron chi connectivity index (χ1n) is 5.36. The van der Waals surface area contributed by atoms with E-state index in [0.29, 0.717) is 5.69 Å². The lowest BCUT2D eigenvalue weighted by molar-refractivity contribution is -0.118. The van der Waals surface area contributed by atoms with Gasteiger partial charge >= 0.3 is 0 Å². The Kier molecular flexibility index (Phi) is 3.76. The topological polar surface area (TPSA) is 71.5 Å². The van der Waals surface area contributed by atoms with Crippen molar-refractivity contribution in [2.75, 3.05) is 11.9 Å². The van der Waals surface area contributed by atoms with Crippen LogP contribution in [0.15, 0.2) is 48.8 Å². The summed E-state index contributed by atoms with van der Waals surface area (Å²) in [4.78, 5) is 15.4. The summed E-state index contributed by atoms with van der Waals surface area (Å²) in [5.74, 6) is -0.0308. The van der Waals surface area contributed by atoms with Gasteiger partial charge in [-0.2, -0.15) is 0 Å². The predicted molar refractivity (Wildman–Crippen MR) is 66.5 cm³/mol. The molecule has 1 amide bonds. The largest absolute Gasteiger partial charge is 0.504 e. The number of hydrogen-bond acceptors (Lipinski definition) is 4. The molecule has 18 heavy (non-hydrogen) atoms. The number of hydrogen-bond donors (Lipinski definition) is 2. The zero-order chi connectivity index (χ0) is 12.8. The fourth-order valence-electron chi connectivity index (χ4n) is 1.36. The molecule has 0 aliphatic heterocycles. The first kappa shape index (κ1) is 11.9. The Hall–Kier alpha value is -2.56. The smallest absolute Gasteiger partial charge is 0.262 e. The Morgan fingerprint density at radius 3 is 2.83 bits per heavy atom. The van der Waals surface area contributed by atoms with E-state index in [1.165, 1.54) is 12.3 Å². The molecule has 0 saturated carbocycles. The lowest BCUT2D eigenvalue weighted by Crippen LogP contribution is -2.20. The van der Waals surface area contributed by atoms with Crippen molar-refractivity contribution in [3.05, 3.63) is 48.8 Å². The van der Waals surface area contributed by atoms with Gasteiger partial charge in [0.15, 0.2) is 18.1 Å². The molecule has 2 aromatic rings. The Bertz CT molecular complexity index is 529. The molecule has 0 saturated heterocycles. The molecule has 0 radical (unpaired) electrons. The molecule has 5 heteroatoms. The van der Waals surface area contributed by atoms with E-state index in [0.717, 1.165) is 0 Å². The summed E-state index contributed by atoms with van der Waals surface area (Å²) in [5, 5.41) is 12.1. The highest BCUT2D eigenvalue weighted by molar-refractivity contribution is 5.91. The van der Waals surface area contributed by atoms with Gasteiger partial charge in [-0.05, 0) is 24.3 Å². The number of aromatic nitrogens is 1. The number of carbonyl (C=O) groups excluding carboxylic acids is 1.